The molecule has 0 aliphatic rings. The lowest BCUT2D eigenvalue weighted by atomic mass is 10.1. The van der Waals surface area contributed by atoms with Crippen molar-refractivity contribution in [3.63, 3.8) is 0 Å². The zero-order valence-corrected chi connectivity index (χ0v) is 10.3. The van der Waals surface area contributed by atoms with E-state index in [1.54, 1.807) is 0 Å². The van der Waals surface area contributed by atoms with E-state index in [0.29, 0.717) is 0 Å². The quantitative estimate of drug-likeness (QED) is 0.734. The van der Waals surface area contributed by atoms with Crippen molar-refractivity contribution in [1.29, 1.82) is 0 Å². The summed E-state index contributed by atoms with van der Waals surface area (Å²) in [7, 11) is 1.96. The first-order valence-corrected chi connectivity index (χ1v) is 5.40. The fourth-order valence-electron chi connectivity index (χ4n) is 1.63. The number of aryl methyl sites for hydroxylation is 1. The number of hydrogen-bond donors (Lipinski definition) is 0. The fourth-order valence-corrected chi connectivity index (χ4v) is 1.63. The van der Waals surface area contributed by atoms with Crippen LogP contribution >= 0.6 is 0 Å². The van der Waals surface area contributed by atoms with Crippen molar-refractivity contribution < 1.29 is 0 Å². The summed E-state index contributed by atoms with van der Waals surface area (Å²) in [6.07, 6.45) is 7.51. The summed E-state index contributed by atoms with van der Waals surface area (Å²) in [5.41, 5.74) is 4.86. The molecule has 0 bridgehead atoms. The maximum absolute atomic E-state index is 4.49. The maximum Gasteiger partial charge on any atom is 0.0949 e. The van der Waals surface area contributed by atoms with E-state index in [1.807, 2.05) is 11.7 Å². The second kappa shape index (κ2) is 4.96. The van der Waals surface area contributed by atoms with E-state index in [1.165, 1.54) is 16.7 Å². The van der Waals surface area contributed by atoms with Gasteiger partial charge in [-0.25, -0.2) is 0 Å². The molecule has 0 saturated heterocycles. The average molecular weight is 204 g/mol. The molecule has 0 N–H and O–H groups in total. The molecule has 0 saturated carbocycles. The summed E-state index contributed by atoms with van der Waals surface area (Å²) >= 11 is 0. The molecular weight excluding hydrogens is 184 g/mol. The zero-order valence-electron chi connectivity index (χ0n) is 10.3. The van der Waals surface area contributed by atoms with Gasteiger partial charge < -0.3 is 0 Å². The Morgan fingerprint density at radius 1 is 1.40 bits per heavy atom. The van der Waals surface area contributed by atoms with Crippen molar-refractivity contribution in [3.8, 4) is 0 Å². The molecule has 0 unspecified atom stereocenters. The minimum Gasteiger partial charge on any atom is -0.275 e. The highest BCUT2D eigenvalue weighted by Crippen LogP contribution is 2.19. The van der Waals surface area contributed by atoms with Gasteiger partial charge in [0.1, 0.15) is 0 Å². The van der Waals surface area contributed by atoms with E-state index in [0.717, 1.165) is 12.1 Å². The van der Waals surface area contributed by atoms with Gasteiger partial charge in [-0.2, -0.15) is 5.10 Å². The van der Waals surface area contributed by atoms with E-state index in [-0.39, 0.29) is 0 Å². The zero-order chi connectivity index (χ0) is 11.4. The number of hydrogen-bond acceptors (Lipinski definition) is 1. The van der Waals surface area contributed by atoms with E-state index in [9.17, 15) is 0 Å². The molecule has 15 heavy (non-hydrogen) atoms. The molecule has 0 aliphatic carbocycles. The van der Waals surface area contributed by atoms with Gasteiger partial charge in [0.15, 0.2) is 0 Å². The first-order chi connectivity index (χ1) is 7.04. The number of allylic oxidation sites excluding steroid dienone is 3. The van der Waals surface area contributed by atoms with Crippen LogP contribution in [0.4, 0.5) is 0 Å². The third kappa shape index (κ3) is 3.08. The van der Waals surface area contributed by atoms with Crippen LogP contribution in [0, 0.1) is 0 Å². The minimum absolute atomic E-state index is 1.05. The molecule has 82 valence electrons. The molecule has 0 amide bonds. The third-order valence-corrected chi connectivity index (χ3v) is 2.19. The molecule has 1 rings (SSSR count). The molecule has 2 nitrogen and oxygen atoms in total. The third-order valence-electron chi connectivity index (χ3n) is 2.19. The van der Waals surface area contributed by atoms with Gasteiger partial charge in [0, 0.05) is 18.8 Å². The van der Waals surface area contributed by atoms with Crippen molar-refractivity contribution >= 4 is 11.6 Å². The van der Waals surface area contributed by atoms with Crippen molar-refractivity contribution in [3.05, 3.63) is 29.1 Å². The fraction of sp³-hybridized carbons (Fsp3) is 0.462. The lowest BCUT2D eigenvalue weighted by Crippen LogP contribution is -1.89. The second-order valence-corrected chi connectivity index (χ2v) is 4.12. The lowest BCUT2D eigenvalue weighted by molar-refractivity contribution is 0.763. The largest absolute Gasteiger partial charge is 0.275 e. The Labute approximate surface area is 92.3 Å². The van der Waals surface area contributed by atoms with Crippen LogP contribution in [0.5, 0.6) is 0 Å². The molecule has 0 atom stereocenters. The Morgan fingerprint density at radius 2 is 2.07 bits per heavy atom. The van der Waals surface area contributed by atoms with Crippen LogP contribution in [0.25, 0.3) is 11.6 Å². The molecule has 0 aromatic carbocycles. The molecule has 1 aromatic rings. The molecule has 0 aliphatic heterocycles. The van der Waals surface area contributed by atoms with E-state index in [4.69, 9.17) is 0 Å². The van der Waals surface area contributed by atoms with Crippen molar-refractivity contribution in [1.82, 2.24) is 9.78 Å². The van der Waals surface area contributed by atoms with Gasteiger partial charge in [-0.15, -0.1) is 0 Å². The second-order valence-electron chi connectivity index (χ2n) is 4.12. The highest BCUT2D eigenvalue weighted by molar-refractivity contribution is 5.70. The monoisotopic (exact) mass is 204 g/mol. The van der Waals surface area contributed by atoms with Gasteiger partial charge in [-0.3, -0.25) is 4.68 Å². The Hall–Kier alpha value is -1.31. The molecule has 1 heterocycles. The summed E-state index contributed by atoms with van der Waals surface area (Å²) in [5, 5.41) is 4.49. The van der Waals surface area contributed by atoms with Crippen LogP contribution < -0.4 is 0 Å². The highest BCUT2D eigenvalue weighted by Gasteiger charge is 2.06. The van der Waals surface area contributed by atoms with Gasteiger partial charge in [-0.05, 0) is 32.8 Å². The summed E-state index contributed by atoms with van der Waals surface area (Å²) < 4.78 is 1.87. The normalized spacial score (nSPS) is 11.7. The van der Waals surface area contributed by atoms with Gasteiger partial charge >= 0.3 is 0 Å². The van der Waals surface area contributed by atoms with Crippen molar-refractivity contribution in [2.45, 2.75) is 34.1 Å². The van der Waals surface area contributed by atoms with Crippen LogP contribution in [-0.2, 0) is 7.05 Å². The number of rotatable bonds is 3. The van der Waals surface area contributed by atoms with E-state index in [2.05, 4.69) is 51.1 Å². The van der Waals surface area contributed by atoms with Gasteiger partial charge in [-0.1, -0.05) is 24.6 Å². The van der Waals surface area contributed by atoms with Crippen molar-refractivity contribution in [2.24, 2.45) is 7.05 Å². The van der Waals surface area contributed by atoms with E-state index < -0.39 is 0 Å². The average Bonchev–Trinajstić information content (AvgIpc) is 2.46. The summed E-state index contributed by atoms with van der Waals surface area (Å²) in [6, 6.07) is 0. The van der Waals surface area contributed by atoms with E-state index >= 15 is 0 Å². The van der Waals surface area contributed by atoms with Crippen LogP contribution in [0.3, 0.4) is 0 Å². The predicted octanol–water partition coefficient (Wildman–Crippen LogP) is 3.66. The Bertz CT molecular complexity index is 391. The van der Waals surface area contributed by atoms with Crippen molar-refractivity contribution in [2.75, 3.05) is 0 Å². The smallest absolute Gasteiger partial charge is 0.0949 e. The van der Waals surface area contributed by atoms with Crippen LogP contribution in [0.15, 0.2) is 17.8 Å². The minimum atomic E-state index is 1.05. The Kier molecular flexibility index (Phi) is 3.89. The summed E-state index contributed by atoms with van der Waals surface area (Å²) in [4.78, 5) is 0. The topological polar surface area (TPSA) is 17.8 Å². The predicted molar refractivity (Wildman–Crippen MR) is 66.5 cm³/mol. The molecule has 0 radical (unpaired) electrons. The Balaban J connectivity index is 3.17. The van der Waals surface area contributed by atoms with Gasteiger partial charge in [0.2, 0.25) is 0 Å². The standard InChI is InChI=1S/C13H20N2/c1-6-7-11(4)13-12(8-10(2)3)9-15(5)14-13/h7-9H,6H2,1-5H3/b11-7+. The first kappa shape index (κ1) is 11.8. The summed E-state index contributed by atoms with van der Waals surface area (Å²) in [5.74, 6) is 0. The lowest BCUT2D eigenvalue weighted by Gasteiger charge is -1.98. The summed E-state index contributed by atoms with van der Waals surface area (Å²) in [6.45, 7) is 8.48. The maximum atomic E-state index is 4.49. The highest BCUT2D eigenvalue weighted by atomic mass is 15.2. The SMILES string of the molecule is CC/C=C(\C)c1nn(C)cc1C=C(C)C. The Morgan fingerprint density at radius 3 is 2.60 bits per heavy atom. The molecular formula is C13H20N2. The molecule has 0 fully saturated rings. The van der Waals surface area contributed by atoms with Crippen LogP contribution in [0.2, 0.25) is 0 Å². The molecule has 1 aromatic heterocycles. The first-order valence-electron chi connectivity index (χ1n) is 5.40. The van der Waals surface area contributed by atoms with Gasteiger partial charge in [0.05, 0.1) is 5.69 Å². The van der Waals surface area contributed by atoms with Gasteiger partial charge in [0.25, 0.3) is 0 Å². The molecule has 2 heteroatoms. The number of nitrogens with zero attached hydrogens (tertiary/aromatic N) is 2. The van der Waals surface area contributed by atoms with Crippen LogP contribution in [-0.4, -0.2) is 9.78 Å². The molecule has 0 spiro atoms. The van der Waals surface area contributed by atoms with Crippen LogP contribution in [0.1, 0.15) is 45.4 Å². The number of aromatic nitrogens is 2.